The van der Waals surface area contributed by atoms with E-state index < -0.39 is 29.7 Å². The first-order valence-corrected chi connectivity index (χ1v) is 9.19. The van der Waals surface area contributed by atoms with Crippen LogP contribution in [0.1, 0.15) is 19.3 Å². The van der Waals surface area contributed by atoms with Crippen LogP contribution in [0.15, 0.2) is 0 Å². The predicted octanol–water partition coefficient (Wildman–Crippen LogP) is -3.62. The van der Waals surface area contributed by atoms with Gasteiger partial charge in [-0.1, -0.05) is 18.9 Å². The van der Waals surface area contributed by atoms with Gasteiger partial charge in [0, 0.05) is 11.5 Å². The highest BCUT2D eigenvalue weighted by Gasteiger charge is 2.28. The molecule has 0 aliphatic rings. The molecule has 29 heavy (non-hydrogen) atoms. The fourth-order valence-corrected chi connectivity index (χ4v) is 2.25. The third kappa shape index (κ3) is 16.7. The van der Waals surface area contributed by atoms with Gasteiger partial charge in [-0.25, -0.2) is 10.9 Å². The Bertz CT molecular complexity index is 395. The average Bonchev–Trinajstić information content (AvgIpc) is 2.67. The van der Waals surface area contributed by atoms with E-state index in [9.17, 15) is 14.4 Å². The number of Topliss-reactive ketones (excluding diaryl/α,β-unsaturated/α-hetero) is 3. The number of nitrogens with zero attached hydrogens (tertiary/aromatic N) is 1. The highest BCUT2D eigenvalue weighted by atomic mass is 32.1. The highest BCUT2D eigenvalue weighted by Crippen LogP contribution is 2.06. The summed E-state index contributed by atoms with van der Waals surface area (Å²) in [6, 6.07) is -2.01. The zero-order valence-electron chi connectivity index (χ0n) is 16.0. The number of ketones is 3. The van der Waals surface area contributed by atoms with Crippen molar-refractivity contribution in [3.05, 3.63) is 5.43 Å². The summed E-state index contributed by atoms with van der Waals surface area (Å²) in [7, 11) is 0. The van der Waals surface area contributed by atoms with Crippen LogP contribution in [0.25, 0.3) is 5.43 Å². The number of hydrazine groups is 2. The third-order valence-corrected chi connectivity index (χ3v) is 4.06. The number of carbonyl (C=O) groups is 3. The summed E-state index contributed by atoms with van der Waals surface area (Å²) in [5, 5.41) is 0. The second kappa shape index (κ2) is 25.3. The van der Waals surface area contributed by atoms with Crippen molar-refractivity contribution in [1.82, 2.24) is 10.9 Å². The number of carbonyl (C=O) groups excluding carboxylic acids is 3. The standard InChI is InChI=1S/C7H17N4O.C6H14N4O2S2.3H2O/c8-4-2-1-3-6(11-10)7(12)5-9;7-9-3(1-13)5(11)6(12)4(2-14)10-8;;;/h6H,1-5,8-10H2;3-4,9-10,13-14H,1-2,7-8H2;3*1H2/q-1;;;;/p-3/t6-;3-,4-;;;/m00.../s1. The highest BCUT2D eigenvalue weighted by molar-refractivity contribution is 7.80. The van der Waals surface area contributed by atoms with Crippen molar-refractivity contribution >= 4 is 42.6 Å². The number of hydrogen-bond acceptors (Lipinski definition) is 15. The molecule has 0 rings (SSSR count). The van der Waals surface area contributed by atoms with Crippen molar-refractivity contribution in [1.29, 1.82) is 0 Å². The minimum absolute atomic E-state index is 0. The smallest absolute Gasteiger partial charge is 0.219 e. The summed E-state index contributed by atoms with van der Waals surface area (Å²) in [6.45, 7) is 0.641. The van der Waals surface area contributed by atoms with Crippen LogP contribution in [-0.4, -0.2) is 76.5 Å². The summed E-state index contributed by atoms with van der Waals surface area (Å²) in [5.74, 6) is 14.1. The van der Waals surface area contributed by atoms with Crippen LogP contribution in [0.2, 0.25) is 0 Å². The first kappa shape index (κ1) is 38.8. The second-order valence-electron chi connectivity index (χ2n) is 5.15. The molecule has 178 valence electrons. The van der Waals surface area contributed by atoms with Gasteiger partial charge >= 0.3 is 0 Å². The molecule has 0 saturated carbocycles. The van der Waals surface area contributed by atoms with Crippen LogP contribution in [0.5, 0.6) is 0 Å². The van der Waals surface area contributed by atoms with Gasteiger partial charge in [0.1, 0.15) is 5.78 Å². The minimum Gasteiger partial charge on any atom is -0.870 e. The normalized spacial score (nSPS) is 12.5. The quantitative estimate of drug-likeness (QED) is 0.0396. The monoisotopic (exact) mass is 462 g/mol. The molecular formula is C13H34N8O6S2-4. The van der Waals surface area contributed by atoms with E-state index in [0.29, 0.717) is 13.0 Å². The van der Waals surface area contributed by atoms with Crippen molar-refractivity contribution < 1.29 is 30.8 Å². The van der Waals surface area contributed by atoms with Gasteiger partial charge in [0.05, 0.1) is 18.6 Å². The SMILES string of the molecule is NCCCC[C@H]([N-]N)C(=O)CN.NN[C@@H](CS)C(=O)C(=O)[C@H](CS)NN.[OH-].[OH-].[OH-]. The van der Waals surface area contributed by atoms with Gasteiger partial charge in [-0.3, -0.25) is 26.1 Å². The Morgan fingerprint density at radius 1 is 0.862 bits per heavy atom. The number of unbranched alkanes of at least 4 members (excludes halogenated alkanes) is 1. The van der Waals surface area contributed by atoms with Gasteiger partial charge in [-0.15, -0.1) is 0 Å². The van der Waals surface area contributed by atoms with Crippen LogP contribution < -0.4 is 39.8 Å². The molecule has 0 amide bonds. The molecule has 0 spiro atoms. The Labute approximate surface area is 181 Å². The Morgan fingerprint density at radius 2 is 1.28 bits per heavy atom. The number of hydrogen-bond donors (Lipinski definition) is 9. The van der Waals surface area contributed by atoms with E-state index in [4.69, 9.17) is 29.0 Å². The minimum atomic E-state index is -0.790. The summed E-state index contributed by atoms with van der Waals surface area (Å²) in [5.41, 5.74) is 18.3. The Kier molecular flexibility index (Phi) is 33.9. The maximum absolute atomic E-state index is 11.4. The topological polar surface area (TPSA) is 309 Å². The lowest BCUT2D eigenvalue weighted by atomic mass is 10.1. The molecule has 0 aromatic rings. The van der Waals surface area contributed by atoms with Gasteiger partial charge in [0.25, 0.3) is 0 Å². The van der Waals surface area contributed by atoms with Crippen LogP contribution in [-0.2, 0) is 14.4 Å². The largest absolute Gasteiger partial charge is 0.870 e. The molecule has 14 nitrogen and oxygen atoms in total. The summed E-state index contributed by atoms with van der Waals surface area (Å²) in [4.78, 5) is 33.8. The molecule has 0 aliphatic heterocycles. The second-order valence-corrected chi connectivity index (χ2v) is 5.88. The van der Waals surface area contributed by atoms with Gasteiger partial charge in [-0.05, 0) is 13.0 Å². The first-order valence-electron chi connectivity index (χ1n) is 7.93. The van der Waals surface area contributed by atoms with Crippen LogP contribution >= 0.6 is 25.3 Å². The van der Waals surface area contributed by atoms with Crippen LogP contribution in [0.3, 0.4) is 0 Å². The molecule has 0 aromatic carbocycles. The lowest BCUT2D eigenvalue weighted by Crippen LogP contribution is -2.53. The molecule has 0 bridgehead atoms. The predicted molar refractivity (Wildman–Crippen MR) is 114 cm³/mol. The van der Waals surface area contributed by atoms with Crippen molar-refractivity contribution in [3.63, 3.8) is 0 Å². The van der Waals surface area contributed by atoms with Crippen molar-refractivity contribution in [2.75, 3.05) is 24.6 Å². The molecule has 0 aromatic heterocycles. The third-order valence-electron chi connectivity index (χ3n) is 3.33. The molecule has 3 atom stereocenters. The summed E-state index contributed by atoms with van der Waals surface area (Å²) in [6.07, 6.45) is 2.42. The Morgan fingerprint density at radius 3 is 1.52 bits per heavy atom. The molecule has 0 fully saturated rings. The average molecular weight is 463 g/mol. The Balaban J connectivity index is -0.000000121. The van der Waals surface area contributed by atoms with Crippen molar-refractivity contribution in [3.8, 4) is 0 Å². The molecular weight excluding hydrogens is 428 g/mol. The molecule has 0 heterocycles. The lowest BCUT2D eigenvalue weighted by molar-refractivity contribution is -0.138. The van der Waals surface area contributed by atoms with Gasteiger partial charge < -0.3 is 39.2 Å². The van der Waals surface area contributed by atoms with E-state index in [1.807, 2.05) is 0 Å². The fourth-order valence-electron chi connectivity index (χ4n) is 1.70. The van der Waals surface area contributed by atoms with Crippen molar-refractivity contribution in [2.24, 2.45) is 29.0 Å². The maximum Gasteiger partial charge on any atom is 0.219 e. The molecule has 0 unspecified atom stereocenters. The van der Waals surface area contributed by atoms with E-state index in [-0.39, 0.29) is 40.3 Å². The molecule has 0 saturated heterocycles. The van der Waals surface area contributed by atoms with E-state index in [0.717, 1.165) is 12.8 Å². The number of rotatable bonds is 14. The van der Waals surface area contributed by atoms with Crippen molar-refractivity contribution in [2.45, 2.75) is 37.4 Å². The summed E-state index contributed by atoms with van der Waals surface area (Å²) >= 11 is 7.74. The van der Waals surface area contributed by atoms with E-state index >= 15 is 0 Å². The zero-order chi connectivity index (χ0) is 20.5. The number of nitrogens with two attached hydrogens (primary N) is 5. The first-order chi connectivity index (χ1) is 12.4. The lowest BCUT2D eigenvalue weighted by Gasteiger charge is -2.25. The number of thiol groups is 2. The maximum atomic E-state index is 11.4. The summed E-state index contributed by atoms with van der Waals surface area (Å²) < 4.78 is 0. The molecule has 0 aliphatic carbocycles. The van der Waals surface area contributed by atoms with Crippen LogP contribution in [0, 0.1) is 0 Å². The van der Waals surface area contributed by atoms with E-state index in [1.165, 1.54) is 0 Å². The Hall–Kier alpha value is -0.730. The van der Waals surface area contributed by atoms with E-state index in [2.05, 4.69) is 41.5 Å². The van der Waals surface area contributed by atoms with Gasteiger partial charge in [-0.2, -0.15) is 25.3 Å². The van der Waals surface area contributed by atoms with Gasteiger partial charge in [0.15, 0.2) is 0 Å². The molecule has 15 N–H and O–H groups in total. The number of nitrogens with one attached hydrogen (secondary N) is 2. The fraction of sp³-hybridized carbons (Fsp3) is 0.769. The molecule has 0 radical (unpaired) electrons. The van der Waals surface area contributed by atoms with E-state index in [1.54, 1.807) is 0 Å². The van der Waals surface area contributed by atoms with Gasteiger partial charge in [0.2, 0.25) is 11.6 Å². The zero-order valence-corrected chi connectivity index (χ0v) is 17.8. The molecule has 16 heteroatoms. The van der Waals surface area contributed by atoms with Crippen LogP contribution in [0.4, 0.5) is 0 Å².